The molecular weight excluding hydrogens is 399 g/mol. The molecule has 1 N–H and O–H groups in total. The van der Waals surface area contributed by atoms with Gasteiger partial charge in [0.05, 0.1) is 27.9 Å². The van der Waals surface area contributed by atoms with Crippen LogP contribution >= 0.6 is 27.5 Å². The second kappa shape index (κ2) is 6.80. The molecule has 2 aromatic rings. The standard InChI is InChI=1S/C15H10BrClF3NO2/c1-23-13-5-2-8(6-10(13)16)14(22)21-12-7-9(15(18,19)20)3-4-11(12)17/h2-7H,1H3,(H,21,22). The van der Waals surface area contributed by atoms with Crippen LogP contribution in [-0.4, -0.2) is 13.0 Å². The number of benzene rings is 2. The molecule has 122 valence electrons. The van der Waals surface area contributed by atoms with Crippen molar-refractivity contribution in [1.82, 2.24) is 0 Å². The van der Waals surface area contributed by atoms with E-state index in [9.17, 15) is 18.0 Å². The molecule has 3 nitrogen and oxygen atoms in total. The highest BCUT2D eigenvalue weighted by molar-refractivity contribution is 9.10. The zero-order valence-electron chi connectivity index (χ0n) is 11.7. The molecular formula is C15H10BrClF3NO2. The predicted octanol–water partition coefficient (Wildman–Crippen LogP) is 5.38. The van der Waals surface area contributed by atoms with Gasteiger partial charge in [0.1, 0.15) is 5.75 Å². The number of ether oxygens (including phenoxy) is 1. The second-order valence-corrected chi connectivity index (χ2v) is 5.76. The Bertz CT molecular complexity index is 750. The number of nitrogens with one attached hydrogen (secondary N) is 1. The summed E-state index contributed by atoms with van der Waals surface area (Å²) in [7, 11) is 1.47. The van der Waals surface area contributed by atoms with E-state index in [4.69, 9.17) is 16.3 Å². The molecule has 0 atom stereocenters. The maximum atomic E-state index is 12.7. The Hall–Kier alpha value is -1.73. The smallest absolute Gasteiger partial charge is 0.416 e. The number of rotatable bonds is 3. The lowest BCUT2D eigenvalue weighted by Crippen LogP contribution is -2.13. The van der Waals surface area contributed by atoms with Crippen molar-refractivity contribution in [3.8, 4) is 5.75 Å². The van der Waals surface area contributed by atoms with Crippen molar-refractivity contribution in [2.24, 2.45) is 0 Å². The van der Waals surface area contributed by atoms with Crippen LogP contribution in [0.4, 0.5) is 18.9 Å². The van der Waals surface area contributed by atoms with Crippen LogP contribution in [0.5, 0.6) is 5.75 Å². The van der Waals surface area contributed by atoms with E-state index in [1.165, 1.54) is 19.2 Å². The Morgan fingerprint density at radius 2 is 1.91 bits per heavy atom. The maximum Gasteiger partial charge on any atom is 0.416 e. The summed E-state index contributed by atoms with van der Waals surface area (Å²) in [5, 5.41) is 2.38. The Morgan fingerprint density at radius 3 is 2.48 bits per heavy atom. The molecule has 1 amide bonds. The first-order chi connectivity index (χ1) is 10.7. The van der Waals surface area contributed by atoms with E-state index >= 15 is 0 Å². The summed E-state index contributed by atoms with van der Waals surface area (Å²) in [6.07, 6.45) is -4.52. The molecule has 0 saturated carbocycles. The van der Waals surface area contributed by atoms with Crippen molar-refractivity contribution in [2.75, 3.05) is 12.4 Å². The number of hydrogen-bond acceptors (Lipinski definition) is 2. The van der Waals surface area contributed by atoms with Crippen LogP contribution in [0.1, 0.15) is 15.9 Å². The van der Waals surface area contributed by atoms with E-state index in [1.54, 1.807) is 6.07 Å². The molecule has 0 aromatic heterocycles. The molecule has 0 unspecified atom stereocenters. The minimum Gasteiger partial charge on any atom is -0.496 e. The number of alkyl halides is 3. The van der Waals surface area contributed by atoms with Crippen LogP contribution in [0.3, 0.4) is 0 Å². The second-order valence-electron chi connectivity index (χ2n) is 4.50. The van der Waals surface area contributed by atoms with Gasteiger partial charge in [0, 0.05) is 5.56 Å². The van der Waals surface area contributed by atoms with Gasteiger partial charge in [-0.15, -0.1) is 0 Å². The van der Waals surface area contributed by atoms with E-state index in [1.807, 2.05) is 0 Å². The molecule has 0 aliphatic heterocycles. The van der Waals surface area contributed by atoms with Gasteiger partial charge in [-0.3, -0.25) is 4.79 Å². The minimum absolute atomic E-state index is 0.0129. The fourth-order valence-corrected chi connectivity index (χ4v) is 2.50. The van der Waals surface area contributed by atoms with E-state index in [0.717, 1.165) is 18.2 Å². The van der Waals surface area contributed by atoms with Gasteiger partial charge in [-0.25, -0.2) is 0 Å². The summed E-state index contributed by atoms with van der Waals surface area (Å²) in [6, 6.07) is 7.27. The molecule has 0 saturated heterocycles. The molecule has 0 radical (unpaired) electrons. The fourth-order valence-electron chi connectivity index (χ4n) is 1.80. The molecule has 0 bridgehead atoms. The van der Waals surface area contributed by atoms with Gasteiger partial charge in [0.25, 0.3) is 5.91 Å². The third-order valence-corrected chi connectivity index (χ3v) is 3.91. The van der Waals surface area contributed by atoms with Gasteiger partial charge in [-0.2, -0.15) is 13.2 Å². The highest BCUT2D eigenvalue weighted by atomic mass is 79.9. The lowest BCUT2D eigenvalue weighted by molar-refractivity contribution is -0.137. The Balaban J connectivity index is 2.28. The van der Waals surface area contributed by atoms with Crippen molar-refractivity contribution in [3.63, 3.8) is 0 Å². The van der Waals surface area contributed by atoms with Gasteiger partial charge in [-0.1, -0.05) is 11.6 Å². The van der Waals surface area contributed by atoms with Crippen molar-refractivity contribution in [2.45, 2.75) is 6.18 Å². The minimum atomic E-state index is -4.52. The number of anilines is 1. The van der Waals surface area contributed by atoms with Crippen LogP contribution in [0.25, 0.3) is 0 Å². The van der Waals surface area contributed by atoms with Gasteiger partial charge >= 0.3 is 6.18 Å². The van der Waals surface area contributed by atoms with Crippen LogP contribution in [0.15, 0.2) is 40.9 Å². The molecule has 2 rings (SSSR count). The third kappa shape index (κ3) is 4.17. The first kappa shape index (κ1) is 17.6. The predicted molar refractivity (Wildman–Crippen MR) is 85.1 cm³/mol. The highest BCUT2D eigenvalue weighted by Gasteiger charge is 2.31. The van der Waals surface area contributed by atoms with Crippen molar-refractivity contribution in [1.29, 1.82) is 0 Å². The number of carbonyl (C=O) groups is 1. The van der Waals surface area contributed by atoms with Crippen LogP contribution in [0.2, 0.25) is 5.02 Å². The summed E-state index contributed by atoms with van der Waals surface area (Å²) < 4.78 is 43.8. The first-order valence-corrected chi connectivity index (χ1v) is 7.41. The van der Waals surface area contributed by atoms with Crippen molar-refractivity contribution < 1.29 is 22.7 Å². The van der Waals surface area contributed by atoms with E-state index < -0.39 is 17.6 Å². The summed E-state index contributed by atoms with van der Waals surface area (Å²) >= 11 is 9.08. The average molecular weight is 409 g/mol. The zero-order chi connectivity index (χ0) is 17.2. The zero-order valence-corrected chi connectivity index (χ0v) is 14.0. The number of halogens is 5. The molecule has 0 heterocycles. The largest absolute Gasteiger partial charge is 0.496 e. The molecule has 0 spiro atoms. The monoisotopic (exact) mass is 407 g/mol. The molecule has 2 aromatic carbocycles. The first-order valence-electron chi connectivity index (χ1n) is 6.24. The maximum absolute atomic E-state index is 12.7. The number of carbonyl (C=O) groups excluding carboxylic acids is 1. The van der Waals surface area contributed by atoms with Crippen LogP contribution in [0, 0.1) is 0 Å². The lowest BCUT2D eigenvalue weighted by Gasteiger charge is -2.12. The molecule has 0 aliphatic carbocycles. The third-order valence-electron chi connectivity index (χ3n) is 2.96. The Kier molecular flexibility index (Phi) is 5.21. The Labute approximate surface area is 143 Å². The number of hydrogen-bond donors (Lipinski definition) is 1. The van der Waals surface area contributed by atoms with Gasteiger partial charge in [0.2, 0.25) is 0 Å². The van der Waals surface area contributed by atoms with Gasteiger partial charge in [-0.05, 0) is 52.3 Å². The molecule has 0 fully saturated rings. The van der Waals surface area contributed by atoms with Crippen LogP contribution in [-0.2, 0) is 6.18 Å². The normalized spacial score (nSPS) is 11.2. The molecule has 8 heteroatoms. The Morgan fingerprint density at radius 1 is 1.22 bits per heavy atom. The summed E-state index contributed by atoms with van der Waals surface area (Å²) in [6.45, 7) is 0. The van der Waals surface area contributed by atoms with E-state index in [-0.39, 0.29) is 16.3 Å². The van der Waals surface area contributed by atoms with E-state index in [0.29, 0.717) is 10.2 Å². The summed E-state index contributed by atoms with van der Waals surface area (Å²) in [5.74, 6) is -0.0618. The molecule has 23 heavy (non-hydrogen) atoms. The fraction of sp³-hybridized carbons (Fsp3) is 0.133. The van der Waals surface area contributed by atoms with Crippen molar-refractivity contribution >= 4 is 39.1 Å². The number of amides is 1. The van der Waals surface area contributed by atoms with Crippen LogP contribution < -0.4 is 10.1 Å². The SMILES string of the molecule is COc1ccc(C(=O)Nc2cc(C(F)(F)F)ccc2Cl)cc1Br. The van der Waals surface area contributed by atoms with Crippen molar-refractivity contribution in [3.05, 3.63) is 57.0 Å². The summed E-state index contributed by atoms with van der Waals surface area (Å²) in [5.41, 5.74) is -0.766. The molecule has 0 aliphatic rings. The quantitative estimate of drug-likeness (QED) is 0.740. The highest BCUT2D eigenvalue weighted by Crippen LogP contribution is 2.34. The lowest BCUT2D eigenvalue weighted by atomic mass is 10.1. The van der Waals surface area contributed by atoms with Gasteiger partial charge in [0.15, 0.2) is 0 Å². The van der Waals surface area contributed by atoms with Gasteiger partial charge < -0.3 is 10.1 Å². The number of methoxy groups -OCH3 is 1. The topological polar surface area (TPSA) is 38.3 Å². The van der Waals surface area contributed by atoms with E-state index in [2.05, 4.69) is 21.2 Å². The average Bonchev–Trinajstić information content (AvgIpc) is 2.48. The summed E-state index contributed by atoms with van der Waals surface area (Å²) in [4.78, 5) is 12.2.